The summed E-state index contributed by atoms with van der Waals surface area (Å²) in [5.41, 5.74) is 1.90. The highest BCUT2D eigenvalue weighted by atomic mass is 16.5. The highest BCUT2D eigenvalue weighted by Crippen LogP contribution is 2.19. The number of hydrogen-bond donors (Lipinski definition) is 1. The molecule has 9 heteroatoms. The minimum Gasteiger partial charge on any atom is -0.497 e. The molecule has 0 spiro atoms. The van der Waals surface area contributed by atoms with Crippen LogP contribution in [0.25, 0.3) is 11.3 Å². The third-order valence-corrected chi connectivity index (χ3v) is 5.14. The highest BCUT2D eigenvalue weighted by Gasteiger charge is 2.10. The SMILES string of the molecule is COc1ccc(-c2ccc(=O)n(CCNC(=O)c3ccc(=O)n(Cc4ccccc4)n3)n2)cc1. The van der Waals surface area contributed by atoms with E-state index in [-0.39, 0.29) is 36.4 Å². The minimum atomic E-state index is -0.443. The Morgan fingerprint density at radius 3 is 2.29 bits per heavy atom. The first-order chi connectivity index (χ1) is 16.5. The van der Waals surface area contributed by atoms with Crippen LogP contribution in [0.5, 0.6) is 5.75 Å². The van der Waals surface area contributed by atoms with E-state index in [1.165, 1.54) is 27.6 Å². The minimum absolute atomic E-state index is 0.114. The fraction of sp³-hybridized carbons (Fsp3) is 0.160. The van der Waals surface area contributed by atoms with Crippen molar-refractivity contribution in [1.82, 2.24) is 24.9 Å². The van der Waals surface area contributed by atoms with Crippen molar-refractivity contribution in [3.05, 3.63) is 111 Å². The van der Waals surface area contributed by atoms with E-state index in [4.69, 9.17) is 4.74 Å². The van der Waals surface area contributed by atoms with Gasteiger partial charge in [-0.05, 0) is 42.0 Å². The van der Waals surface area contributed by atoms with Gasteiger partial charge in [0.1, 0.15) is 11.4 Å². The Bertz CT molecular complexity index is 1400. The molecule has 0 atom stereocenters. The van der Waals surface area contributed by atoms with E-state index >= 15 is 0 Å². The molecular weight excluding hydrogens is 434 g/mol. The standard InChI is InChI=1S/C25H23N5O4/c1-34-20-9-7-19(8-10-20)21-11-13-23(31)29(27-21)16-15-26-25(33)22-12-14-24(32)30(28-22)17-18-5-3-2-4-6-18/h2-14H,15-17H2,1H3,(H,26,33). The van der Waals surface area contributed by atoms with Crippen LogP contribution in [0.1, 0.15) is 16.1 Å². The van der Waals surface area contributed by atoms with E-state index in [2.05, 4.69) is 15.5 Å². The summed E-state index contributed by atoms with van der Waals surface area (Å²) in [6.07, 6.45) is 0. The molecule has 0 saturated carbocycles. The second-order valence-corrected chi connectivity index (χ2v) is 7.46. The molecule has 9 nitrogen and oxygen atoms in total. The molecule has 2 aromatic heterocycles. The maximum atomic E-state index is 12.6. The lowest BCUT2D eigenvalue weighted by Gasteiger charge is -2.10. The number of carbonyl (C=O) groups excluding carboxylic acids is 1. The number of amides is 1. The Morgan fingerprint density at radius 2 is 1.56 bits per heavy atom. The summed E-state index contributed by atoms with van der Waals surface area (Å²) in [5.74, 6) is 0.282. The predicted molar refractivity (Wildman–Crippen MR) is 127 cm³/mol. The zero-order valence-corrected chi connectivity index (χ0v) is 18.5. The van der Waals surface area contributed by atoms with Crippen LogP contribution in [0.2, 0.25) is 0 Å². The summed E-state index contributed by atoms with van der Waals surface area (Å²) in [7, 11) is 1.59. The molecule has 0 radical (unpaired) electrons. The number of benzene rings is 2. The summed E-state index contributed by atoms with van der Waals surface area (Å²) in [6.45, 7) is 0.605. The van der Waals surface area contributed by atoms with Gasteiger partial charge >= 0.3 is 0 Å². The van der Waals surface area contributed by atoms with E-state index in [1.807, 2.05) is 54.6 Å². The van der Waals surface area contributed by atoms with Crippen LogP contribution >= 0.6 is 0 Å². The lowest BCUT2D eigenvalue weighted by atomic mass is 10.1. The maximum absolute atomic E-state index is 12.6. The maximum Gasteiger partial charge on any atom is 0.271 e. The quantitative estimate of drug-likeness (QED) is 0.433. The van der Waals surface area contributed by atoms with Crippen molar-refractivity contribution in [1.29, 1.82) is 0 Å². The van der Waals surface area contributed by atoms with Crippen LogP contribution in [0, 0.1) is 0 Å². The van der Waals surface area contributed by atoms with E-state index in [9.17, 15) is 14.4 Å². The first kappa shape index (κ1) is 22.7. The summed E-state index contributed by atoms with van der Waals surface area (Å²) < 4.78 is 7.70. The molecule has 2 heterocycles. The van der Waals surface area contributed by atoms with E-state index in [0.717, 1.165) is 16.9 Å². The Morgan fingerprint density at radius 1 is 0.853 bits per heavy atom. The summed E-state index contributed by atoms with van der Waals surface area (Å²) >= 11 is 0. The average molecular weight is 457 g/mol. The lowest BCUT2D eigenvalue weighted by Crippen LogP contribution is -2.34. The van der Waals surface area contributed by atoms with E-state index in [1.54, 1.807) is 13.2 Å². The van der Waals surface area contributed by atoms with Crippen molar-refractivity contribution in [2.75, 3.05) is 13.7 Å². The molecule has 4 rings (SSSR count). The molecular formula is C25H23N5O4. The molecule has 0 aliphatic carbocycles. The van der Waals surface area contributed by atoms with E-state index in [0.29, 0.717) is 5.69 Å². The molecule has 0 unspecified atom stereocenters. The van der Waals surface area contributed by atoms with Crippen LogP contribution in [0.15, 0.2) is 88.5 Å². The van der Waals surface area contributed by atoms with Crippen LogP contribution in [-0.2, 0) is 13.1 Å². The average Bonchev–Trinajstić information content (AvgIpc) is 2.87. The van der Waals surface area contributed by atoms with Gasteiger partial charge in [0.25, 0.3) is 17.0 Å². The largest absolute Gasteiger partial charge is 0.497 e. The van der Waals surface area contributed by atoms with Crippen molar-refractivity contribution in [3.63, 3.8) is 0 Å². The molecule has 4 aromatic rings. The second-order valence-electron chi connectivity index (χ2n) is 7.46. The lowest BCUT2D eigenvalue weighted by molar-refractivity contribution is 0.0944. The number of carbonyl (C=O) groups is 1. The van der Waals surface area contributed by atoms with Crippen molar-refractivity contribution >= 4 is 5.91 Å². The number of hydrogen-bond acceptors (Lipinski definition) is 6. The summed E-state index contributed by atoms with van der Waals surface area (Å²) in [6, 6.07) is 22.5. The topological polar surface area (TPSA) is 108 Å². The highest BCUT2D eigenvalue weighted by molar-refractivity contribution is 5.91. The molecule has 0 bridgehead atoms. The van der Waals surface area contributed by atoms with Crippen LogP contribution < -0.4 is 21.2 Å². The third kappa shape index (κ3) is 5.44. The Labute approximate surface area is 195 Å². The molecule has 2 aromatic carbocycles. The normalized spacial score (nSPS) is 10.6. The number of nitrogens with zero attached hydrogens (tertiary/aromatic N) is 4. The van der Waals surface area contributed by atoms with Crippen LogP contribution in [0.3, 0.4) is 0 Å². The predicted octanol–water partition coefficient (Wildman–Crippen LogP) is 1.95. The molecule has 1 amide bonds. The fourth-order valence-corrected chi connectivity index (χ4v) is 3.33. The first-order valence-electron chi connectivity index (χ1n) is 10.7. The number of nitrogens with one attached hydrogen (secondary N) is 1. The molecule has 0 aliphatic heterocycles. The number of ether oxygens (including phenoxy) is 1. The van der Waals surface area contributed by atoms with Crippen molar-refractivity contribution in [2.24, 2.45) is 0 Å². The molecule has 0 fully saturated rings. The second kappa shape index (κ2) is 10.4. The third-order valence-electron chi connectivity index (χ3n) is 5.14. The Kier molecular flexibility index (Phi) is 6.92. The molecule has 1 N–H and O–H groups in total. The first-order valence-corrected chi connectivity index (χ1v) is 10.7. The van der Waals surface area contributed by atoms with Gasteiger partial charge in [0, 0.05) is 24.2 Å². The Hall–Kier alpha value is -4.53. The van der Waals surface area contributed by atoms with Gasteiger partial charge in [-0.15, -0.1) is 0 Å². The monoisotopic (exact) mass is 457 g/mol. The van der Waals surface area contributed by atoms with Gasteiger partial charge in [-0.1, -0.05) is 30.3 Å². The van der Waals surface area contributed by atoms with Gasteiger partial charge in [-0.2, -0.15) is 10.2 Å². The molecule has 34 heavy (non-hydrogen) atoms. The zero-order valence-electron chi connectivity index (χ0n) is 18.5. The fourth-order valence-electron chi connectivity index (χ4n) is 3.33. The van der Waals surface area contributed by atoms with Gasteiger partial charge in [-0.25, -0.2) is 9.36 Å². The molecule has 172 valence electrons. The van der Waals surface area contributed by atoms with Crippen molar-refractivity contribution < 1.29 is 9.53 Å². The summed E-state index contributed by atoms with van der Waals surface area (Å²) in [5, 5.41) is 11.3. The number of methoxy groups -OCH3 is 1. The van der Waals surface area contributed by atoms with Gasteiger partial charge in [0.2, 0.25) is 0 Å². The van der Waals surface area contributed by atoms with Gasteiger partial charge in [0.05, 0.1) is 25.9 Å². The van der Waals surface area contributed by atoms with Crippen molar-refractivity contribution in [2.45, 2.75) is 13.1 Å². The van der Waals surface area contributed by atoms with Crippen LogP contribution in [-0.4, -0.2) is 39.1 Å². The smallest absolute Gasteiger partial charge is 0.271 e. The summed E-state index contributed by atoms with van der Waals surface area (Å²) in [4.78, 5) is 36.9. The Balaban J connectivity index is 1.41. The van der Waals surface area contributed by atoms with E-state index < -0.39 is 5.91 Å². The van der Waals surface area contributed by atoms with Crippen LogP contribution in [0.4, 0.5) is 0 Å². The van der Waals surface area contributed by atoms with Gasteiger partial charge in [-0.3, -0.25) is 14.4 Å². The zero-order chi connectivity index (χ0) is 23.9. The number of rotatable bonds is 8. The molecule has 0 aliphatic rings. The van der Waals surface area contributed by atoms with Crippen molar-refractivity contribution in [3.8, 4) is 17.0 Å². The van der Waals surface area contributed by atoms with Gasteiger partial charge in [0.15, 0.2) is 0 Å². The number of aromatic nitrogens is 4. The van der Waals surface area contributed by atoms with Gasteiger partial charge < -0.3 is 10.1 Å². The molecule has 0 saturated heterocycles.